The van der Waals surface area contributed by atoms with Crippen LogP contribution in [0.1, 0.15) is 37.9 Å². The molecule has 0 saturated heterocycles. The van der Waals surface area contributed by atoms with Gasteiger partial charge in [-0.2, -0.15) is 0 Å². The van der Waals surface area contributed by atoms with Crippen molar-refractivity contribution in [2.24, 2.45) is 0 Å². The molecule has 1 saturated carbocycles. The van der Waals surface area contributed by atoms with Crippen molar-refractivity contribution in [3.05, 3.63) is 59.4 Å². The lowest BCUT2D eigenvalue weighted by Gasteiger charge is -2.49. The van der Waals surface area contributed by atoms with Gasteiger partial charge < -0.3 is 10.0 Å². The number of aromatic nitrogens is 3. The van der Waals surface area contributed by atoms with E-state index in [0.29, 0.717) is 15.7 Å². The molecule has 3 aromatic rings. The van der Waals surface area contributed by atoms with Crippen molar-refractivity contribution in [1.82, 2.24) is 15.2 Å². The third-order valence-electron chi connectivity index (χ3n) is 5.56. The second kappa shape index (κ2) is 7.31. The zero-order valence-electron chi connectivity index (χ0n) is 16.7. The van der Waals surface area contributed by atoms with Crippen LogP contribution in [0.15, 0.2) is 36.5 Å². The normalized spacial score (nSPS) is 21.4. The van der Waals surface area contributed by atoms with E-state index in [1.54, 1.807) is 25.8 Å². The predicted molar refractivity (Wildman–Crippen MR) is 109 cm³/mol. The molecule has 30 heavy (non-hydrogen) atoms. The van der Waals surface area contributed by atoms with Gasteiger partial charge in [0.15, 0.2) is 5.01 Å². The fourth-order valence-corrected chi connectivity index (χ4v) is 4.65. The first-order valence-corrected chi connectivity index (χ1v) is 10.3. The number of anilines is 1. The maximum atomic E-state index is 14.5. The van der Waals surface area contributed by atoms with Gasteiger partial charge in [0, 0.05) is 31.6 Å². The average molecular weight is 434 g/mol. The first kappa shape index (κ1) is 20.7. The molecule has 1 aliphatic rings. The molecule has 4 rings (SSSR count). The quantitative estimate of drug-likeness (QED) is 0.638. The van der Waals surface area contributed by atoms with Crippen molar-refractivity contribution >= 4 is 16.5 Å². The smallest absolute Gasteiger partial charge is 0.209 e. The third kappa shape index (κ3) is 3.45. The van der Waals surface area contributed by atoms with Gasteiger partial charge in [-0.25, -0.2) is 13.2 Å². The summed E-state index contributed by atoms with van der Waals surface area (Å²) < 4.78 is 42.8. The summed E-state index contributed by atoms with van der Waals surface area (Å²) in [5, 5.41) is 19.2. The molecule has 0 unspecified atom stereocenters. The minimum atomic E-state index is -1.14. The van der Waals surface area contributed by atoms with Crippen molar-refractivity contribution in [2.45, 2.75) is 44.0 Å². The summed E-state index contributed by atoms with van der Waals surface area (Å²) >= 11 is 1.11. The van der Waals surface area contributed by atoms with E-state index in [0.717, 1.165) is 11.3 Å². The number of alkyl halides is 1. The maximum absolute atomic E-state index is 14.5. The van der Waals surface area contributed by atoms with Crippen LogP contribution in [0.2, 0.25) is 0 Å². The Hall–Kier alpha value is -2.52. The largest absolute Gasteiger partial charge is 0.386 e. The number of nitrogens with zero attached hydrogens (tertiary/aromatic N) is 4. The van der Waals surface area contributed by atoms with E-state index in [9.17, 15) is 18.3 Å². The number of hydrogen-bond acceptors (Lipinski definition) is 6. The molecule has 0 radical (unpaired) electrons. The summed E-state index contributed by atoms with van der Waals surface area (Å²) in [6.07, 6.45) is 0.564. The average Bonchev–Trinajstić information content (AvgIpc) is 3.14. The summed E-state index contributed by atoms with van der Waals surface area (Å²) in [7, 11) is 1.69. The molecule has 0 atom stereocenters. The van der Waals surface area contributed by atoms with Gasteiger partial charge >= 0.3 is 0 Å². The van der Waals surface area contributed by atoms with Gasteiger partial charge in [-0.15, -0.1) is 10.2 Å². The molecular weight excluding hydrogens is 413 g/mol. The summed E-state index contributed by atoms with van der Waals surface area (Å²) in [6, 6.07) is 7.11. The zero-order chi connectivity index (χ0) is 21.7. The minimum absolute atomic E-state index is 0.0783. The Bertz CT molecular complexity index is 1080. The standard InChI is InChI=1S/C21H21F3N4OS/c1-20(2,29)12-6-7-15(23)14(9-12)18-26-27-19(30-18)28(3)21(10-13(22)11-21)17-16(24)5-4-8-25-17/h4-9,13,29H,10-11H2,1-3H3. The number of pyridine rings is 1. The topological polar surface area (TPSA) is 62.1 Å². The van der Waals surface area contributed by atoms with Crippen LogP contribution in [0.5, 0.6) is 0 Å². The molecule has 1 fully saturated rings. The Morgan fingerprint density at radius 3 is 2.53 bits per heavy atom. The van der Waals surface area contributed by atoms with Gasteiger partial charge in [0.05, 0.1) is 11.1 Å². The summed E-state index contributed by atoms with van der Waals surface area (Å²) in [5.74, 6) is -1.00. The summed E-state index contributed by atoms with van der Waals surface area (Å²) in [4.78, 5) is 5.83. The molecule has 0 spiro atoms. The van der Waals surface area contributed by atoms with E-state index >= 15 is 0 Å². The van der Waals surface area contributed by atoms with Crippen LogP contribution in [0.4, 0.5) is 18.3 Å². The molecule has 1 aliphatic carbocycles. The Balaban J connectivity index is 1.71. The fraction of sp³-hybridized carbons (Fsp3) is 0.381. The molecule has 2 aromatic heterocycles. The SMILES string of the molecule is CN(c1nnc(-c2cc(C(C)(C)O)ccc2F)s1)C1(c2ncccc2F)CC(F)C1. The molecule has 2 heterocycles. The zero-order valence-corrected chi connectivity index (χ0v) is 17.6. The van der Waals surface area contributed by atoms with E-state index < -0.39 is 28.9 Å². The van der Waals surface area contributed by atoms with Crippen LogP contribution in [-0.2, 0) is 11.1 Å². The number of hydrogen-bond donors (Lipinski definition) is 1. The fourth-order valence-electron chi connectivity index (χ4n) is 3.74. The molecule has 0 aliphatic heterocycles. The Labute approximate surface area is 176 Å². The highest BCUT2D eigenvalue weighted by molar-refractivity contribution is 7.18. The van der Waals surface area contributed by atoms with Crippen molar-refractivity contribution in [2.75, 3.05) is 11.9 Å². The molecule has 5 nitrogen and oxygen atoms in total. The van der Waals surface area contributed by atoms with Crippen LogP contribution >= 0.6 is 11.3 Å². The number of rotatable bonds is 5. The van der Waals surface area contributed by atoms with E-state index in [1.165, 1.54) is 36.5 Å². The monoisotopic (exact) mass is 434 g/mol. The Kier molecular flexibility index (Phi) is 5.06. The van der Waals surface area contributed by atoms with Crippen molar-refractivity contribution < 1.29 is 18.3 Å². The third-order valence-corrected chi connectivity index (χ3v) is 6.60. The van der Waals surface area contributed by atoms with Crippen LogP contribution in [-0.4, -0.2) is 33.5 Å². The van der Waals surface area contributed by atoms with E-state index in [4.69, 9.17) is 0 Å². The van der Waals surface area contributed by atoms with Crippen LogP contribution in [0.25, 0.3) is 10.6 Å². The lowest BCUT2D eigenvalue weighted by Crippen LogP contribution is -2.55. The van der Waals surface area contributed by atoms with Gasteiger partial charge in [-0.3, -0.25) is 4.98 Å². The summed E-state index contributed by atoms with van der Waals surface area (Å²) in [6.45, 7) is 3.22. The highest BCUT2D eigenvalue weighted by Gasteiger charge is 2.52. The molecule has 1 aromatic carbocycles. The number of benzene rings is 1. The van der Waals surface area contributed by atoms with Crippen LogP contribution in [0, 0.1) is 11.6 Å². The van der Waals surface area contributed by atoms with Crippen LogP contribution < -0.4 is 4.90 Å². The Morgan fingerprint density at radius 1 is 1.17 bits per heavy atom. The number of aliphatic hydroxyl groups is 1. The summed E-state index contributed by atoms with van der Waals surface area (Å²) in [5.41, 5.74) is -1.21. The van der Waals surface area contributed by atoms with E-state index in [-0.39, 0.29) is 24.1 Å². The molecule has 1 N–H and O–H groups in total. The van der Waals surface area contributed by atoms with Gasteiger partial charge in [-0.05, 0) is 43.7 Å². The molecule has 158 valence electrons. The number of halogens is 3. The lowest BCUT2D eigenvalue weighted by atomic mass is 9.71. The van der Waals surface area contributed by atoms with Gasteiger partial charge in [0.2, 0.25) is 5.13 Å². The Morgan fingerprint density at radius 2 is 1.90 bits per heavy atom. The van der Waals surface area contributed by atoms with E-state index in [2.05, 4.69) is 15.2 Å². The predicted octanol–water partition coefficient (Wildman–Crippen LogP) is 4.57. The van der Waals surface area contributed by atoms with Crippen molar-refractivity contribution in [3.63, 3.8) is 0 Å². The minimum Gasteiger partial charge on any atom is -0.386 e. The second-order valence-corrected chi connectivity index (χ2v) is 9.03. The first-order valence-electron chi connectivity index (χ1n) is 9.47. The maximum Gasteiger partial charge on any atom is 0.209 e. The molecule has 9 heteroatoms. The van der Waals surface area contributed by atoms with Gasteiger partial charge in [0.25, 0.3) is 0 Å². The molecular formula is C21H21F3N4OS. The van der Waals surface area contributed by atoms with E-state index in [1.807, 2.05) is 0 Å². The second-order valence-electron chi connectivity index (χ2n) is 8.07. The van der Waals surface area contributed by atoms with Gasteiger partial charge in [0.1, 0.15) is 23.5 Å². The first-order chi connectivity index (χ1) is 14.1. The highest BCUT2D eigenvalue weighted by atomic mass is 32.1. The van der Waals surface area contributed by atoms with Crippen molar-refractivity contribution in [3.8, 4) is 10.6 Å². The van der Waals surface area contributed by atoms with Crippen LogP contribution in [0.3, 0.4) is 0 Å². The van der Waals surface area contributed by atoms with Gasteiger partial charge in [-0.1, -0.05) is 17.4 Å². The lowest BCUT2D eigenvalue weighted by molar-refractivity contribution is 0.0785. The highest BCUT2D eigenvalue weighted by Crippen LogP contribution is 2.50. The van der Waals surface area contributed by atoms with Crippen molar-refractivity contribution in [1.29, 1.82) is 0 Å². The molecule has 0 bridgehead atoms. The molecule has 0 amide bonds.